The molecule has 148 valence electrons. The van der Waals surface area contributed by atoms with E-state index in [4.69, 9.17) is 9.72 Å². The van der Waals surface area contributed by atoms with Crippen LogP contribution < -0.4 is 10.1 Å². The van der Waals surface area contributed by atoms with Crippen molar-refractivity contribution in [1.82, 2.24) is 14.5 Å². The van der Waals surface area contributed by atoms with Crippen molar-refractivity contribution in [3.63, 3.8) is 0 Å². The number of rotatable bonds is 9. The summed E-state index contributed by atoms with van der Waals surface area (Å²) in [6.07, 6.45) is 4.78. The number of carbonyl (C=O) groups is 1. The summed E-state index contributed by atoms with van der Waals surface area (Å²) in [5.41, 5.74) is 2.54. The minimum absolute atomic E-state index is 0.0209. The van der Waals surface area contributed by atoms with Crippen LogP contribution >= 0.6 is 0 Å². The normalized spacial score (nSPS) is 11.1. The molecule has 0 aliphatic carbocycles. The summed E-state index contributed by atoms with van der Waals surface area (Å²) in [7, 11) is 1.60. The van der Waals surface area contributed by atoms with Crippen molar-refractivity contribution in [1.29, 1.82) is 0 Å². The van der Waals surface area contributed by atoms with Crippen LogP contribution in [0.3, 0.4) is 0 Å². The lowest BCUT2D eigenvalue weighted by atomic mass is 10.1. The number of nitrogens with zero attached hydrogens (tertiary/aromatic N) is 3. The van der Waals surface area contributed by atoms with Gasteiger partial charge >= 0.3 is 0 Å². The zero-order valence-electron chi connectivity index (χ0n) is 16.8. The highest BCUT2D eigenvalue weighted by molar-refractivity contribution is 5.92. The number of para-hydroxylation sites is 2. The molecule has 3 rings (SSSR count). The summed E-state index contributed by atoms with van der Waals surface area (Å²) in [6.45, 7) is 5.33. The van der Waals surface area contributed by atoms with Gasteiger partial charge in [0.05, 0.1) is 12.8 Å². The average Bonchev–Trinajstić information content (AvgIpc) is 3.04. The van der Waals surface area contributed by atoms with E-state index in [0.29, 0.717) is 23.8 Å². The van der Waals surface area contributed by atoms with Crippen LogP contribution in [-0.2, 0) is 17.8 Å². The molecule has 0 unspecified atom stereocenters. The van der Waals surface area contributed by atoms with Crippen LogP contribution in [0.25, 0.3) is 11.2 Å². The highest BCUT2D eigenvalue weighted by atomic mass is 16.5. The Labute approximate surface area is 166 Å². The van der Waals surface area contributed by atoms with Gasteiger partial charge in [-0.2, -0.15) is 0 Å². The highest BCUT2D eigenvalue weighted by Gasteiger charge is 2.13. The van der Waals surface area contributed by atoms with Crippen LogP contribution in [0.5, 0.6) is 5.75 Å². The van der Waals surface area contributed by atoms with Crippen molar-refractivity contribution < 1.29 is 9.53 Å². The molecule has 6 nitrogen and oxygen atoms in total. The van der Waals surface area contributed by atoms with Gasteiger partial charge in [-0.25, -0.2) is 9.97 Å². The molecule has 0 aliphatic heterocycles. The molecular formula is C22H28N4O2. The van der Waals surface area contributed by atoms with Crippen LogP contribution in [0.15, 0.2) is 42.6 Å². The van der Waals surface area contributed by atoms with Gasteiger partial charge in [-0.1, -0.05) is 26.0 Å². The molecule has 2 heterocycles. The molecule has 0 radical (unpaired) electrons. The lowest BCUT2D eigenvalue weighted by Crippen LogP contribution is -2.13. The number of amides is 1. The first-order chi connectivity index (χ1) is 13.6. The second-order valence-corrected chi connectivity index (χ2v) is 7.31. The van der Waals surface area contributed by atoms with Crippen LogP contribution in [0.4, 0.5) is 5.69 Å². The summed E-state index contributed by atoms with van der Waals surface area (Å²) in [6, 6.07) is 11.3. The maximum Gasteiger partial charge on any atom is 0.224 e. The zero-order chi connectivity index (χ0) is 19.9. The van der Waals surface area contributed by atoms with E-state index in [1.165, 1.54) is 0 Å². The van der Waals surface area contributed by atoms with E-state index in [9.17, 15) is 4.79 Å². The van der Waals surface area contributed by atoms with Gasteiger partial charge in [0.1, 0.15) is 17.1 Å². The molecule has 0 spiro atoms. The Hall–Kier alpha value is -2.89. The lowest BCUT2D eigenvalue weighted by molar-refractivity contribution is -0.116. The number of benzene rings is 1. The largest absolute Gasteiger partial charge is 0.495 e. The first kappa shape index (κ1) is 19.9. The number of imidazole rings is 1. The number of ether oxygens (including phenoxy) is 1. The fourth-order valence-corrected chi connectivity index (χ4v) is 3.19. The molecule has 1 amide bonds. The Balaban J connectivity index is 1.63. The highest BCUT2D eigenvalue weighted by Crippen LogP contribution is 2.23. The molecule has 0 bridgehead atoms. The SMILES string of the molecule is COc1ccccc1NC(=O)CCCc1nc2cccnc2n1CCC(C)C. The fraction of sp³-hybridized carbons (Fsp3) is 0.409. The quantitative estimate of drug-likeness (QED) is 0.595. The Morgan fingerprint density at radius 3 is 2.82 bits per heavy atom. The standard InChI is InChI=1S/C22H28N4O2/c1-16(2)13-15-26-20(24-18-9-7-14-23-22(18)26)11-6-12-21(27)25-17-8-4-5-10-19(17)28-3/h4-5,7-10,14,16H,6,11-13,15H2,1-3H3,(H,25,27). The van der Waals surface area contributed by atoms with Crippen LogP contribution in [0.1, 0.15) is 38.9 Å². The lowest BCUT2D eigenvalue weighted by Gasteiger charge is -2.11. The topological polar surface area (TPSA) is 69.0 Å². The van der Waals surface area contributed by atoms with E-state index >= 15 is 0 Å². The van der Waals surface area contributed by atoms with Crippen LogP contribution in [0.2, 0.25) is 0 Å². The number of hydrogen-bond acceptors (Lipinski definition) is 4. The second-order valence-electron chi connectivity index (χ2n) is 7.31. The molecule has 0 saturated heterocycles. The maximum atomic E-state index is 12.3. The van der Waals surface area contributed by atoms with Gasteiger partial charge in [0.2, 0.25) is 5.91 Å². The van der Waals surface area contributed by atoms with Crippen molar-refractivity contribution in [3.8, 4) is 5.75 Å². The van der Waals surface area contributed by atoms with E-state index in [0.717, 1.165) is 42.8 Å². The molecule has 1 aromatic carbocycles. The molecule has 3 aromatic rings. The molecule has 0 fully saturated rings. The molecule has 0 atom stereocenters. The van der Waals surface area contributed by atoms with E-state index in [1.54, 1.807) is 13.3 Å². The number of anilines is 1. The number of aryl methyl sites for hydroxylation is 2. The first-order valence-corrected chi connectivity index (χ1v) is 9.81. The minimum Gasteiger partial charge on any atom is -0.495 e. The van der Waals surface area contributed by atoms with Crippen molar-refractivity contribution in [2.45, 2.75) is 46.1 Å². The summed E-state index contributed by atoms with van der Waals surface area (Å²) >= 11 is 0. The Morgan fingerprint density at radius 1 is 1.21 bits per heavy atom. The molecule has 2 aromatic heterocycles. The summed E-state index contributed by atoms with van der Waals surface area (Å²) in [5.74, 6) is 2.25. The first-order valence-electron chi connectivity index (χ1n) is 9.81. The van der Waals surface area contributed by atoms with Gasteiger partial charge in [0.15, 0.2) is 5.65 Å². The summed E-state index contributed by atoms with van der Waals surface area (Å²) < 4.78 is 7.48. The molecule has 0 aliphatic rings. The average molecular weight is 380 g/mol. The smallest absolute Gasteiger partial charge is 0.224 e. The number of nitrogens with one attached hydrogen (secondary N) is 1. The summed E-state index contributed by atoms with van der Waals surface area (Å²) in [4.78, 5) is 21.6. The molecule has 0 saturated carbocycles. The number of fused-ring (bicyclic) bond motifs is 1. The molecular weight excluding hydrogens is 352 g/mol. The van der Waals surface area contributed by atoms with E-state index in [1.807, 2.05) is 36.4 Å². The Kier molecular flexibility index (Phi) is 6.63. The van der Waals surface area contributed by atoms with Gasteiger partial charge in [0, 0.05) is 25.6 Å². The van der Waals surface area contributed by atoms with Gasteiger partial charge in [-0.05, 0) is 43.0 Å². The summed E-state index contributed by atoms with van der Waals surface area (Å²) in [5, 5.41) is 2.93. The fourth-order valence-electron chi connectivity index (χ4n) is 3.19. The van der Waals surface area contributed by atoms with Gasteiger partial charge in [-0.15, -0.1) is 0 Å². The Bertz CT molecular complexity index is 933. The van der Waals surface area contributed by atoms with Gasteiger partial charge < -0.3 is 14.6 Å². The van der Waals surface area contributed by atoms with Crippen molar-refractivity contribution in [2.75, 3.05) is 12.4 Å². The van der Waals surface area contributed by atoms with E-state index < -0.39 is 0 Å². The number of carbonyl (C=O) groups excluding carboxylic acids is 1. The number of methoxy groups -OCH3 is 1. The number of aromatic nitrogens is 3. The molecule has 28 heavy (non-hydrogen) atoms. The predicted molar refractivity (Wildman–Crippen MR) is 112 cm³/mol. The zero-order valence-corrected chi connectivity index (χ0v) is 16.8. The van der Waals surface area contributed by atoms with Crippen LogP contribution in [-0.4, -0.2) is 27.6 Å². The van der Waals surface area contributed by atoms with Gasteiger partial charge in [0.25, 0.3) is 0 Å². The van der Waals surface area contributed by atoms with E-state index in [2.05, 4.69) is 28.7 Å². The van der Waals surface area contributed by atoms with Crippen molar-refractivity contribution in [3.05, 3.63) is 48.4 Å². The van der Waals surface area contributed by atoms with E-state index in [-0.39, 0.29) is 5.91 Å². The predicted octanol–water partition coefficient (Wildman–Crippen LogP) is 4.45. The second kappa shape index (κ2) is 9.35. The third-order valence-corrected chi connectivity index (χ3v) is 4.70. The monoisotopic (exact) mass is 380 g/mol. The minimum atomic E-state index is -0.0209. The third-order valence-electron chi connectivity index (χ3n) is 4.70. The third kappa shape index (κ3) is 4.88. The maximum absolute atomic E-state index is 12.3. The van der Waals surface area contributed by atoms with Crippen molar-refractivity contribution >= 4 is 22.8 Å². The Morgan fingerprint density at radius 2 is 2.04 bits per heavy atom. The molecule has 6 heteroatoms. The van der Waals surface area contributed by atoms with Gasteiger partial charge in [-0.3, -0.25) is 4.79 Å². The number of hydrogen-bond donors (Lipinski definition) is 1. The number of pyridine rings is 1. The molecule has 1 N–H and O–H groups in total. The van der Waals surface area contributed by atoms with Crippen LogP contribution in [0, 0.1) is 5.92 Å². The van der Waals surface area contributed by atoms with Crippen molar-refractivity contribution in [2.24, 2.45) is 5.92 Å².